The van der Waals surface area contributed by atoms with Crippen LogP contribution >= 0.6 is 0 Å². The van der Waals surface area contributed by atoms with Gasteiger partial charge in [-0.2, -0.15) is 0 Å². The van der Waals surface area contributed by atoms with Gasteiger partial charge < -0.3 is 14.4 Å². The van der Waals surface area contributed by atoms with Crippen LogP contribution in [0.3, 0.4) is 0 Å². The molecule has 0 aliphatic rings. The van der Waals surface area contributed by atoms with Crippen LogP contribution < -0.4 is 10.3 Å². The van der Waals surface area contributed by atoms with Gasteiger partial charge in [-0.05, 0) is 47.7 Å². The van der Waals surface area contributed by atoms with Gasteiger partial charge in [-0.1, -0.05) is 42.5 Å². The van der Waals surface area contributed by atoms with Crippen molar-refractivity contribution in [1.29, 1.82) is 0 Å². The third-order valence-electron chi connectivity index (χ3n) is 4.34. The van der Waals surface area contributed by atoms with Gasteiger partial charge in [-0.25, -0.2) is 0 Å². The number of hydrogen-bond donors (Lipinski definition) is 1. The molecule has 0 aliphatic heterocycles. The van der Waals surface area contributed by atoms with Gasteiger partial charge in [0, 0.05) is 19.3 Å². The molecule has 1 unspecified atom stereocenters. The summed E-state index contributed by atoms with van der Waals surface area (Å²) in [6, 6.07) is 21.5. The van der Waals surface area contributed by atoms with E-state index < -0.39 is 6.10 Å². The second-order valence-electron chi connectivity index (χ2n) is 6.38. The first kappa shape index (κ1) is 18.0. The Morgan fingerprint density at radius 1 is 1.00 bits per heavy atom. The molecule has 0 amide bonds. The van der Waals surface area contributed by atoms with Crippen molar-refractivity contribution < 1.29 is 9.84 Å². The predicted octanol–water partition coefficient (Wildman–Crippen LogP) is 3.42. The molecule has 1 atom stereocenters. The second kappa shape index (κ2) is 8.50. The number of aromatic nitrogens is 1. The van der Waals surface area contributed by atoms with E-state index in [2.05, 4.69) is 12.1 Å². The number of rotatable bonds is 7. The number of aliphatic hydroxyl groups excluding tert-OH is 1. The van der Waals surface area contributed by atoms with Crippen LogP contribution in [0.2, 0.25) is 0 Å². The Kier molecular flexibility index (Phi) is 5.87. The van der Waals surface area contributed by atoms with Gasteiger partial charge in [0.1, 0.15) is 12.4 Å². The van der Waals surface area contributed by atoms with Crippen molar-refractivity contribution in [1.82, 2.24) is 4.57 Å². The van der Waals surface area contributed by atoms with Crippen molar-refractivity contribution in [3.63, 3.8) is 0 Å². The van der Waals surface area contributed by atoms with Crippen LogP contribution in [-0.4, -0.2) is 22.4 Å². The monoisotopic (exact) mass is 349 g/mol. The Morgan fingerprint density at radius 2 is 1.69 bits per heavy atom. The Hall–Kier alpha value is -2.85. The quantitative estimate of drug-likeness (QED) is 0.711. The molecular formula is C22H23NO3. The Bertz CT molecular complexity index is 885. The molecule has 0 fully saturated rings. The molecule has 26 heavy (non-hydrogen) atoms. The highest BCUT2D eigenvalue weighted by molar-refractivity contribution is 5.63. The van der Waals surface area contributed by atoms with Gasteiger partial charge in [0.2, 0.25) is 0 Å². The minimum atomic E-state index is -0.576. The molecule has 134 valence electrons. The number of ether oxygens (including phenoxy) is 1. The first-order valence-electron chi connectivity index (χ1n) is 8.74. The van der Waals surface area contributed by atoms with Crippen LogP contribution in [0.25, 0.3) is 11.1 Å². The largest absolute Gasteiger partial charge is 0.491 e. The first-order valence-corrected chi connectivity index (χ1v) is 8.74. The van der Waals surface area contributed by atoms with E-state index >= 15 is 0 Å². The van der Waals surface area contributed by atoms with Crippen LogP contribution in [-0.2, 0) is 13.5 Å². The zero-order valence-corrected chi connectivity index (χ0v) is 14.8. The van der Waals surface area contributed by atoms with E-state index in [0.29, 0.717) is 12.8 Å². The van der Waals surface area contributed by atoms with Gasteiger partial charge in [-0.3, -0.25) is 4.79 Å². The highest BCUT2D eigenvalue weighted by atomic mass is 16.5. The van der Waals surface area contributed by atoms with E-state index in [1.807, 2.05) is 48.5 Å². The fourth-order valence-corrected chi connectivity index (χ4v) is 2.73. The van der Waals surface area contributed by atoms with Gasteiger partial charge in [0.25, 0.3) is 5.56 Å². The zero-order chi connectivity index (χ0) is 18.4. The van der Waals surface area contributed by atoms with E-state index in [0.717, 1.165) is 22.4 Å². The molecular weight excluding hydrogens is 326 g/mol. The van der Waals surface area contributed by atoms with Crippen LogP contribution in [0.1, 0.15) is 12.0 Å². The molecule has 0 radical (unpaired) electrons. The summed E-state index contributed by atoms with van der Waals surface area (Å²) in [6.45, 7) is 0.232. The van der Waals surface area contributed by atoms with Crippen LogP contribution in [0.4, 0.5) is 0 Å². The number of benzene rings is 2. The molecule has 4 nitrogen and oxygen atoms in total. The molecule has 4 heteroatoms. The van der Waals surface area contributed by atoms with Crippen molar-refractivity contribution in [2.24, 2.45) is 7.05 Å². The highest BCUT2D eigenvalue weighted by Crippen LogP contribution is 2.22. The maximum absolute atomic E-state index is 11.6. The van der Waals surface area contributed by atoms with Crippen molar-refractivity contribution in [2.75, 3.05) is 6.61 Å². The first-order chi connectivity index (χ1) is 12.6. The smallest absolute Gasteiger partial charge is 0.250 e. The predicted molar refractivity (Wildman–Crippen MR) is 103 cm³/mol. The lowest BCUT2D eigenvalue weighted by atomic mass is 10.1. The molecule has 3 rings (SSSR count). The summed E-state index contributed by atoms with van der Waals surface area (Å²) in [5.41, 5.74) is 3.18. The van der Waals surface area contributed by atoms with Crippen molar-refractivity contribution in [2.45, 2.75) is 18.9 Å². The van der Waals surface area contributed by atoms with E-state index in [4.69, 9.17) is 4.74 Å². The normalized spacial score (nSPS) is 11.9. The van der Waals surface area contributed by atoms with E-state index in [9.17, 15) is 9.90 Å². The summed E-state index contributed by atoms with van der Waals surface area (Å²) in [6.07, 6.45) is 2.37. The molecule has 0 spiro atoms. The molecule has 1 aromatic heterocycles. The van der Waals surface area contributed by atoms with E-state index in [-0.39, 0.29) is 12.2 Å². The number of hydrogen-bond acceptors (Lipinski definition) is 3. The van der Waals surface area contributed by atoms with Gasteiger partial charge in [0.05, 0.1) is 6.10 Å². The average Bonchev–Trinajstić information content (AvgIpc) is 2.68. The second-order valence-corrected chi connectivity index (χ2v) is 6.38. The Morgan fingerprint density at radius 3 is 2.38 bits per heavy atom. The third-order valence-corrected chi connectivity index (χ3v) is 4.34. The molecule has 1 N–H and O–H groups in total. The number of aliphatic hydroxyl groups is 1. The third kappa shape index (κ3) is 4.83. The maximum Gasteiger partial charge on any atom is 0.250 e. The fourth-order valence-electron chi connectivity index (χ4n) is 2.73. The molecule has 0 aliphatic carbocycles. The molecule has 3 aromatic rings. The Balaban J connectivity index is 1.49. The molecule has 0 saturated heterocycles. The SMILES string of the molecule is Cn1ccc(CCC(O)COc2ccc(-c3ccccc3)cc2)cc1=O. The fraction of sp³-hybridized carbons (Fsp3) is 0.227. The van der Waals surface area contributed by atoms with Gasteiger partial charge >= 0.3 is 0 Å². The summed E-state index contributed by atoms with van der Waals surface area (Å²) in [5.74, 6) is 0.734. The lowest BCUT2D eigenvalue weighted by molar-refractivity contribution is 0.100. The molecule has 0 saturated carbocycles. The summed E-state index contributed by atoms with van der Waals surface area (Å²) in [4.78, 5) is 11.6. The molecule has 1 heterocycles. The highest BCUT2D eigenvalue weighted by Gasteiger charge is 2.07. The molecule has 2 aromatic carbocycles. The summed E-state index contributed by atoms with van der Waals surface area (Å²) in [7, 11) is 1.72. The lowest BCUT2D eigenvalue weighted by Gasteiger charge is -2.13. The number of nitrogens with zero attached hydrogens (tertiary/aromatic N) is 1. The lowest BCUT2D eigenvalue weighted by Crippen LogP contribution is -2.19. The van der Waals surface area contributed by atoms with E-state index in [1.54, 1.807) is 19.3 Å². The van der Waals surface area contributed by atoms with E-state index in [1.165, 1.54) is 4.57 Å². The minimum absolute atomic E-state index is 0.0354. The van der Waals surface area contributed by atoms with Crippen molar-refractivity contribution >= 4 is 0 Å². The summed E-state index contributed by atoms with van der Waals surface area (Å²) >= 11 is 0. The average molecular weight is 349 g/mol. The van der Waals surface area contributed by atoms with Crippen molar-refractivity contribution in [3.8, 4) is 16.9 Å². The molecule has 0 bridgehead atoms. The number of aryl methyl sites for hydroxylation is 2. The Labute approximate surface area is 153 Å². The maximum atomic E-state index is 11.6. The summed E-state index contributed by atoms with van der Waals surface area (Å²) in [5, 5.41) is 10.1. The summed E-state index contributed by atoms with van der Waals surface area (Å²) < 4.78 is 7.20. The van der Waals surface area contributed by atoms with Gasteiger partial charge in [0.15, 0.2) is 0 Å². The van der Waals surface area contributed by atoms with Crippen LogP contribution in [0, 0.1) is 0 Å². The minimum Gasteiger partial charge on any atom is -0.491 e. The topological polar surface area (TPSA) is 51.5 Å². The standard InChI is InChI=1S/C22H23NO3/c1-23-14-13-17(15-22(23)25)7-10-20(24)16-26-21-11-8-19(9-12-21)18-5-3-2-4-6-18/h2-6,8-9,11-15,20,24H,7,10,16H2,1H3. The zero-order valence-electron chi connectivity index (χ0n) is 14.8. The van der Waals surface area contributed by atoms with Gasteiger partial charge in [-0.15, -0.1) is 0 Å². The van der Waals surface area contributed by atoms with Crippen LogP contribution in [0.5, 0.6) is 5.75 Å². The van der Waals surface area contributed by atoms with Crippen molar-refractivity contribution in [3.05, 3.63) is 88.8 Å². The number of pyridine rings is 1. The van der Waals surface area contributed by atoms with Crippen LogP contribution in [0.15, 0.2) is 77.7 Å².